The molecule has 2 nitrogen and oxygen atoms in total. The number of aryl methyl sites for hydroxylation is 2. The Morgan fingerprint density at radius 1 is 1.28 bits per heavy atom. The first kappa shape index (κ1) is 14.0. The first-order valence-electron chi connectivity index (χ1n) is 7.13. The average molecular weight is 266 g/mol. The molecule has 3 heteroatoms. The summed E-state index contributed by atoms with van der Waals surface area (Å²) >= 11 is 2.03. The summed E-state index contributed by atoms with van der Waals surface area (Å²) in [6.45, 7) is 4.40. The van der Waals surface area contributed by atoms with Crippen LogP contribution in [0, 0.1) is 0 Å². The van der Waals surface area contributed by atoms with E-state index in [1.807, 2.05) is 11.3 Å². The smallest absolute Gasteiger partial charge is 0.0302 e. The summed E-state index contributed by atoms with van der Waals surface area (Å²) in [7, 11) is 4.26. The number of nitrogens with zero attached hydrogens (tertiary/aromatic N) is 1. The van der Waals surface area contributed by atoms with Crippen molar-refractivity contribution < 1.29 is 0 Å². The minimum absolute atomic E-state index is 0.557. The Kier molecular flexibility index (Phi) is 5.22. The number of thiophene rings is 1. The van der Waals surface area contributed by atoms with Gasteiger partial charge in [-0.05, 0) is 58.3 Å². The quantitative estimate of drug-likeness (QED) is 0.824. The van der Waals surface area contributed by atoms with Gasteiger partial charge in [-0.3, -0.25) is 0 Å². The molecule has 102 valence electrons. The summed E-state index contributed by atoms with van der Waals surface area (Å²) in [6, 6.07) is 3.00. The number of hydrogen-bond donors (Lipinski definition) is 1. The molecule has 1 aromatic heterocycles. The molecule has 0 saturated carbocycles. The topological polar surface area (TPSA) is 15.3 Å². The maximum Gasteiger partial charge on any atom is 0.0302 e. The van der Waals surface area contributed by atoms with E-state index in [0.29, 0.717) is 6.04 Å². The van der Waals surface area contributed by atoms with Gasteiger partial charge in [-0.25, -0.2) is 0 Å². The molecule has 0 saturated heterocycles. The van der Waals surface area contributed by atoms with E-state index in [-0.39, 0.29) is 0 Å². The van der Waals surface area contributed by atoms with Crippen LogP contribution in [0.25, 0.3) is 0 Å². The Hall–Kier alpha value is -0.380. The summed E-state index contributed by atoms with van der Waals surface area (Å²) in [5, 5.41) is 3.62. The van der Waals surface area contributed by atoms with E-state index < -0.39 is 0 Å². The van der Waals surface area contributed by atoms with Gasteiger partial charge < -0.3 is 10.2 Å². The summed E-state index contributed by atoms with van der Waals surface area (Å²) < 4.78 is 0. The molecule has 1 unspecified atom stereocenters. The van der Waals surface area contributed by atoms with Crippen LogP contribution in [0.3, 0.4) is 0 Å². The van der Waals surface area contributed by atoms with Crippen LogP contribution in [0.4, 0.5) is 0 Å². The zero-order valence-electron chi connectivity index (χ0n) is 12.0. The van der Waals surface area contributed by atoms with Crippen molar-refractivity contribution in [2.45, 2.75) is 51.6 Å². The molecule has 1 aliphatic carbocycles. The number of nitrogens with one attached hydrogen (secondary N) is 1. The molecule has 0 amide bonds. The fourth-order valence-corrected chi connectivity index (χ4v) is 3.91. The molecule has 1 heterocycles. The summed E-state index contributed by atoms with van der Waals surface area (Å²) in [4.78, 5) is 5.42. The van der Waals surface area contributed by atoms with Crippen LogP contribution in [-0.2, 0) is 19.4 Å². The van der Waals surface area contributed by atoms with Gasteiger partial charge in [0.2, 0.25) is 0 Å². The molecule has 1 N–H and O–H groups in total. The van der Waals surface area contributed by atoms with Crippen LogP contribution >= 0.6 is 11.3 Å². The SMILES string of the molecule is CC(CN(C)C)NCc1cc2c(s1)CCCCC2. The molecule has 1 aliphatic rings. The molecule has 2 rings (SSSR count). The summed E-state index contributed by atoms with van der Waals surface area (Å²) in [5.74, 6) is 0. The molecule has 0 aliphatic heterocycles. The maximum absolute atomic E-state index is 3.62. The first-order valence-corrected chi connectivity index (χ1v) is 7.95. The third-order valence-corrected chi connectivity index (χ3v) is 4.80. The Morgan fingerprint density at radius 2 is 2.06 bits per heavy atom. The molecule has 0 spiro atoms. The molecule has 0 aromatic carbocycles. The van der Waals surface area contributed by atoms with E-state index in [1.165, 1.54) is 37.0 Å². The standard InChI is InChI=1S/C15H26N2S/c1-12(11-17(2)3)16-10-14-9-13-7-5-4-6-8-15(13)18-14/h9,12,16H,4-8,10-11H2,1-3H3. The fraction of sp³-hybridized carbons (Fsp3) is 0.733. The molecular formula is C15H26N2S. The van der Waals surface area contributed by atoms with Gasteiger partial charge in [-0.2, -0.15) is 0 Å². The van der Waals surface area contributed by atoms with E-state index in [9.17, 15) is 0 Å². The van der Waals surface area contributed by atoms with Gasteiger partial charge in [-0.1, -0.05) is 6.42 Å². The van der Waals surface area contributed by atoms with Crippen LogP contribution < -0.4 is 5.32 Å². The Bertz CT molecular complexity index is 347. The Labute approximate surface area is 115 Å². The van der Waals surface area contributed by atoms with Crippen molar-refractivity contribution in [3.63, 3.8) is 0 Å². The number of likely N-dealkylation sites (N-methyl/N-ethyl adjacent to an activating group) is 1. The van der Waals surface area contributed by atoms with Gasteiger partial charge in [0.05, 0.1) is 0 Å². The largest absolute Gasteiger partial charge is 0.308 e. The highest BCUT2D eigenvalue weighted by atomic mass is 32.1. The van der Waals surface area contributed by atoms with Crippen molar-refractivity contribution >= 4 is 11.3 Å². The average Bonchev–Trinajstić information content (AvgIpc) is 2.56. The lowest BCUT2D eigenvalue weighted by Crippen LogP contribution is -2.35. The molecule has 1 atom stereocenters. The minimum Gasteiger partial charge on any atom is -0.308 e. The van der Waals surface area contributed by atoms with E-state index in [0.717, 1.165) is 13.1 Å². The molecule has 0 fully saturated rings. The highest BCUT2D eigenvalue weighted by molar-refractivity contribution is 7.12. The fourth-order valence-electron chi connectivity index (χ4n) is 2.70. The van der Waals surface area contributed by atoms with Gasteiger partial charge in [0, 0.05) is 28.9 Å². The Morgan fingerprint density at radius 3 is 2.83 bits per heavy atom. The van der Waals surface area contributed by atoms with Gasteiger partial charge >= 0.3 is 0 Å². The monoisotopic (exact) mass is 266 g/mol. The zero-order chi connectivity index (χ0) is 13.0. The van der Waals surface area contributed by atoms with Crippen molar-refractivity contribution in [1.82, 2.24) is 10.2 Å². The van der Waals surface area contributed by atoms with Crippen molar-refractivity contribution in [3.05, 3.63) is 21.4 Å². The van der Waals surface area contributed by atoms with Crippen LogP contribution in [0.5, 0.6) is 0 Å². The highest BCUT2D eigenvalue weighted by Gasteiger charge is 2.12. The lowest BCUT2D eigenvalue weighted by atomic mass is 10.1. The molecule has 18 heavy (non-hydrogen) atoms. The number of hydrogen-bond acceptors (Lipinski definition) is 3. The summed E-state index contributed by atoms with van der Waals surface area (Å²) in [5.41, 5.74) is 1.63. The van der Waals surface area contributed by atoms with Crippen molar-refractivity contribution in [2.75, 3.05) is 20.6 Å². The normalized spacial score (nSPS) is 17.6. The number of fused-ring (bicyclic) bond motifs is 1. The second-order valence-electron chi connectivity index (χ2n) is 5.77. The molecular weight excluding hydrogens is 240 g/mol. The number of rotatable bonds is 5. The van der Waals surface area contributed by atoms with Gasteiger partial charge in [0.25, 0.3) is 0 Å². The molecule has 0 radical (unpaired) electrons. The van der Waals surface area contributed by atoms with Crippen LogP contribution in [0.15, 0.2) is 6.07 Å². The lowest BCUT2D eigenvalue weighted by Gasteiger charge is -2.17. The second-order valence-corrected chi connectivity index (χ2v) is 6.99. The van der Waals surface area contributed by atoms with Crippen LogP contribution in [-0.4, -0.2) is 31.6 Å². The van der Waals surface area contributed by atoms with E-state index in [4.69, 9.17) is 0 Å². The van der Waals surface area contributed by atoms with Gasteiger partial charge in [0.1, 0.15) is 0 Å². The van der Waals surface area contributed by atoms with Gasteiger partial charge in [-0.15, -0.1) is 11.3 Å². The predicted octanol–water partition coefficient (Wildman–Crippen LogP) is 3.06. The van der Waals surface area contributed by atoms with Crippen LogP contribution in [0.1, 0.15) is 41.5 Å². The van der Waals surface area contributed by atoms with Gasteiger partial charge in [0.15, 0.2) is 0 Å². The first-order chi connectivity index (χ1) is 8.65. The highest BCUT2D eigenvalue weighted by Crippen LogP contribution is 2.28. The van der Waals surface area contributed by atoms with E-state index in [2.05, 4.69) is 37.3 Å². The zero-order valence-corrected chi connectivity index (χ0v) is 12.8. The van der Waals surface area contributed by atoms with Crippen molar-refractivity contribution in [3.8, 4) is 0 Å². The summed E-state index contributed by atoms with van der Waals surface area (Å²) in [6.07, 6.45) is 6.80. The predicted molar refractivity (Wildman–Crippen MR) is 80.4 cm³/mol. The van der Waals surface area contributed by atoms with E-state index >= 15 is 0 Å². The van der Waals surface area contributed by atoms with Crippen LogP contribution in [0.2, 0.25) is 0 Å². The molecule has 0 bridgehead atoms. The Balaban J connectivity index is 1.86. The lowest BCUT2D eigenvalue weighted by molar-refractivity contribution is 0.349. The molecule has 1 aromatic rings. The van der Waals surface area contributed by atoms with Crippen molar-refractivity contribution in [2.24, 2.45) is 0 Å². The third kappa shape index (κ3) is 4.08. The van der Waals surface area contributed by atoms with Crippen molar-refractivity contribution in [1.29, 1.82) is 0 Å². The minimum atomic E-state index is 0.557. The maximum atomic E-state index is 3.62. The third-order valence-electron chi connectivity index (χ3n) is 3.56. The van der Waals surface area contributed by atoms with E-state index in [1.54, 1.807) is 10.4 Å². The second kappa shape index (κ2) is 6.69.